The van der Waals surface area contributed by atoms with E-state index < -0.39 is 22.0 Å². The summed E-state index contributed by atoms with van der Waals surface area (Å²) in [5, 5.41) is 0. The van der Waals surface area contributed by atoms with Crippen LogP contribution in [0.4, 0.5) is 0 Å². The van der Waals surface area contributed by atoms with E-state index >= 15 is 0 Å². The van der Waals surface area contributed by atoms with Crippen molar-refractivity contribution in [2.45, 2.75) is 30.7 Å². The molecule has 29 heavy (non-hydrogen) atoms. The Balaban J connectivity index is 2.08. The summed E-state index contributed by atoms with van der Waals surface area (Å²) in [7, 11) is -1.08. The summed E-state index contributed by atoms with van der Waals surface area (Å²) in [5.41, 5.74) is 1.85. The van der Waals surface area contributed by atoms with E-state index in [1.165, 1.54) is 24.6 Å². The second kappa shape index (κ2) is 8.84. The van der Waals surface area contributed by atoms with Gasteiger partial charge in [0.1, 0.15) is 16.4 Å². The molecular formula is C21H25NO6S. The summed E-state index contributed by atoms with van der Waals surface area (Å²) >= 11 is 0. The van der Waals surface area contributed by atoms with Gasteiger partial charge in [0.05, 0.1) is 33.3 Å². The summed E-state index contributed by atoms with van der Waals surface area (Å²) in [5.74, 6) is 0.190. The number of nitrogens with zero attached hydrogens (tertiary/aromatic N) is 1. The molecule has 0 aliphatic carbocycles. The molecule has 0 aromatic heterocycles. The molecule has 2 aromatic rings. The summed E-state index contributed by atoms with van der Waals surface area (Å²) in [6.07, 6.45) is 0.497. The van der Waals surface area contributed by atoms with Crippen LogP contribution in [0.15, 0.2) is 47.4 Å². The first-order chi connectivity index (χ1) is 13.9. The predicted octanol–water partition coefficient (Wildman–Crippen LogP) is 2.95. The molecule has 7 nitrogen and oxygen atoms in total. The lowest BCUT2D eigenvalue weighted by Gasteiger charge is -2.36. The standard InChI is InChI=1S/C21H25NO6S/c1-4-28-21(23)14-18-17-8-6-5-7-15(17)11-12-22(18)29(24,25)20-13-16(26-2)9-10-19(20)27-3/h5-10,13,18H,4,11-12,14H2,1-3H3/t18-/m1/s1. The molecule has 0 fully saturated rings. The van der Waals surface area contributed by atoms with Gasteiger partial charge in [0.15, 0.2) is 0 Å². The van der Waals surface area contributed by atoms with Crippen molar-refractivity contribution in [3.63, 3.8) is 0 Å². The van der Waals surface area contributed by atoms with Crippen molar-refractivity contribution in [1.82, 2.24) is 4.31 Å². The highest BCUT2D eigenvalue weighted by Crippen LogP contribution is 2.39. The van der Waals surface area contributed by atoms with Gasteiger partial charge in [-0.3, -0.25) is 4.79 Å². The smallest absolute Gasteiger partial charge is 0.307 e. The molecule has 0 spiro atoms. The zero-order valence-electron chi connectivity index (χ0n) is 16.8. The maximum Gasteiger partial charge on any atom is 0.307 e. The monoisotopic (exact) mass is 419 g/mol. The van der Waals surface area contributed by atoms with Gasteiger partial charge < -0.3 is 14.2 Å². The van der Waals surface area contributed by atoms with Crippen molar-refractivity contribution in [3.8, 4) is 11.5 Å². The zero-order chi connectivity index (χ0) is 21.0. The summed E-state index contributed by atoms with van der Waals surface area (Å²) in [4.78, 5) is 12.3. The number of sulfonamides is 1. The van der Waals surface area contributed by atoms with Gasteiger partial charge in [-0.15, -0.1) is 0 Å². The normalized spacial score (nSPS) is 16.7. The summed E-state index contributed by atoms with van der Waals surface area (Å²) in [6.45, 7) is 2.22. The third-order valence-electron chi connectivity index (χ3n) is 4.99. The summed E-state index contributed by atoms with van der Waals surface area (Å²) < 4.78 is 44.2. The van der Waals surface area contributed by atoms with Gasteiger partial charge in [-0.05, 0) is 36.6 Å². The van der Waals surface area contributed by atoms with E-state index in [0.717, 1.165) is 11.1 Å². The topological polar surface area (TPSA) is 82.1 Å². The van der Waals surface area contributed by atoms with Gasteiger partial charge in [-0.1, -0.05) is 24.3 Å². The number of carbonyl (C=O) groups is 1. The number of carbonyl (C=O) groups excluding carboxylic acids is 1. The Morgan fingerprint density at radius 1 is 1.14 bits per heavy atom. The molecule has 1 heterocycles. The minimum Gasteiger partial charge on any atom is -0.497 e. The Bertz CT molecular complexity index is 988. The number of ether oxygens (including phenoxy) is 3. The molecular weight excluding hydrogens is 394 g/mol. The van der Waals surface area contributed by atoms with E-state index in [9.17, 15) is 13.2 Å². The molecule has 0 saturated heterocycles. The number of methoxy groups -OCH3 is 2. The van der Waals surface area contributed by atoms with Gasteiger partial charge in [-0.2, -0.15) is 4.31 Å². The molecule has 156 valence electrons. The third-order valence-corrected chi connectivity index (χ3v) is 6.92. The molecule has 2 aromatic carbocycles. The van der Waals surface area contributed by atoms with Crippen molar-refractivity contribution < 1.29 is 27.4 Å². The first kappa shape index (κ1) is 21.1. The van der Waals surface area contributed by atoms with Crippen LogP contribution in [0.5, 0.6) is 11.5 Å². The summed E-state index contributed by atoms with van der Waals surface area (Å²) in [6, 6.07) is 11.6. The molecule has 1 atom stereocenters. The lowest BCUT2D eigenvalue weighted by molar-refractivity contribution is -0.144. The minimum absolute atomic E-state index is 0.00703. The molecule has 0 unspecified atom stereocenters. The van der Waals surface area contributed by atoms with E-state index in [2.05, 4.69) is 0 Å². The van der Waals surface area contributed by atoms with E-state index in [1.54, 1.807) is 19.1 Å². The number of hydrogen-bond acceptors (Lipinski definition) is 6. The Morgan fingerprint density at radius 2 is 1.90 bits per heavy atom. The number of esters is 1. The average molecular weight is 419 g/mol. The largest absolute Gasteiger partial charge is 0.497 e. The zero-order valence-corrected chi connectivity index (χ0v) is 17.6. The first-order valence-corrected chi connectivity index (χ1v) is 10.8. The van der Waals surface area contributed by atoms with Crippen molar-refractivity contribution in [2.75, 3.05) is 27.4 Å². The highest BCUT2D eigenvalue weighted by molar-refractivity contribution is 7.89. The van der Waals surface area contributed by atoms with Crippen LogP contribution in [0.3, 0.4) is 0 Å². The molecule has 8 heteroatoms. The molecule has 3 rings (SSSR count). The molecule has 1 aliphatic heterocycles. The Hall–Kier alpha value is -2.58. The Kier molecular flexibility index (Phi) is 6.44. The van der Waals surface area contributed by atoms with Gasteiger partial charge in [-0.25, -0.2) is 8.42 Å². The molecule has 0 saturated carbocycles. The fourth-order valence-electron chi connectivity index (χ4n) is 3.62. The van der Waals surface area contributed by atoms with Crippen LogP contribution < -0.4 is 9.47 Å². The predicted molar refractivity (Wildman–Crippen MR) is 108 cm³/mol. The van der Waals surface area contributed by atoms with Crippen molar-refractivity contribution in [2.24, 2.45) is 0 Å². The highest BCUT2D eigenvalue weighted by atomic mass is 32.2. The van der Waals surface area contributed by atoms with Gasteiger partial charge >= 0.3 is 5.97 Å². The third kappa shape index (κ3) is 4.23. The van der Waals surface area contributed by atoms with Crippen LogP contribution in [-0.4, -0.2) is 46.1 Å². The second-order valence-electron chi connectivity index (χ2n) is 6.61. The number of hydrogen-bond donors (Lipinski definition) is 0. The molecule has 0 radical (unpaired) electrons. The lowest BCUT2D eigenvalue weighted by atomic mass is 9.92. The van der Waals surface area contributed by atoms with Crippen LogP contribution >= 0.6 is 0 Å². The molecule has 0 bridgehead atoms. The fourth-order valence-corrected chi connectivity index (χ4v) is 5.40. The van der Waals surface area contributed by atoms with Crippen LogP contribution in [-0.2, 0) is 26.0 Å². The Morgan fingerprint density at radius 3 is 2.59 bits per heavy atom. The molecule has 0 amide bonds. The van der Waals surface area contributed by atoms with Crippen LogP contribution in [0.2, 0.25) is 0 Å². The quantitative estimate of drug-likeness (QED) is 0.642. The SMILES string of the molecule is CCOC(=O)C[C@@H]1c2ccccc2CCN1S(=O)(=O)c1cc(OC)ccc1OC. The number of benzene rings is 2. The number of rotatable bonds is 7. The highest BCUT2D eigenvalue weighted by Gasteiger charge is 2.39. The minimum atomic E-state index is -3.97. The van der Waals surface area contributed by atoms with Crippen LogP contribution in [0.25, 0.3) is 0 Å². The lowest BCUT2D eigenvalue weighted by Crippen LogP contribution is -2.41. The Labute approximate surface area is 171 Å². The van der Waals surface area contributed by atoms with E-state index in [1.807, 2.05) is 24.3 Å². The van der Waals surface area contributed by atoms with E-state index in [4.69, 9.17) is 14.2 Å². The van der Waals surface area contributed by atoms with Crippen molar-refractivity contribution >= 4 is 16.0 Å². The average Bonchev–Trinajstić information content (AvgIpc) is 2.73. The maximum atomic E-state index is 13.6. The second-order valence-corrected chi connectivity index (χ2v) is 8.47. The first-order valence-electron chi connectivity index (χ1n) is 9.39. The molecule has 0 N–H and O–H groups in total. The molecule has 1 aliphatic rings. The van der Waals surface area contributed by atoms with Crippen LogP contribution in [0, 0.1) is 0 Å². The maximum absolute atomic E-state index is 13.6. The van der Waals surface area contributed by atoms with Gasteiger partial charge in [0, 0.05) is 12.6 Å². The fraction of sp³-hybridized carbons (Fsp3) is 0.381. The van der Waals surface area contributed by atoms with Crippen molar-refractivity contribution in [3.05, 3.63) is 53.6 Å². The van der Waals surface area contributed by atoms with Gasteiger partial charge in [0.2, 0.25) is 10.0 Å². The van der Waals surface area contributed by atoms with E-state index in [0.29, 0.717) is 12.2 Å². The van der Waals surface area contributed by atoms with Gasteiger partial charge in [0.25, 0.3) is 0 Å². The van der Waals surface area contributed by atoms with Crippen LogP contribution in [0.1, 0.15) is 30.5 Å². The van der Waals surface area contributed by atoms with Crippen molar-refractivity contribution in [1.29, 1.82) is 0 Å². The number of fused-ring (bicyclic) bond motifs is 1. The van der Waals surface area contributed by atoms with E-state index in [-0.39, 0.29) is 30.2 Å².